The number of ether oxygens (including phenoxy) is 2. The van der Waals surface area contributed by atoms with Crippen molar-refractivity contribution < 1.29 is 19.1 Å². The molecule has 2 saturated heterocycles. The first-order valence-electron chi connectivity index (χ1n) is 18.0. The van der Waals surface area contributed by atoms with Gasteiger partial charge in [0.15, 0.2) is 5.82 Å². The fraction of sp³-hybridized carbons (Fsp3) is 0.293. The zero-order chi connectivity index (χ0) is 36.5. The van der Waals surface area contributed by atoms with Gasteiger partial charge in [0.05, 0.1) is 35.0 Å². The van der Waals surface area contributed by atoms with Crippen LogP contribution in [-0.4, -0.2) is 70.6 Å². The van der Waals surface area contributed by atoms with Crippen molar-refractivity contribution >= 4 is 23.2 Å². The van der Waals surface area contributed by atoms with E-state index in [1.165, 1.54) is 0 Å². The molecule has 270 valence electrons. The minimum atomic E-state index is -0.805. The molecule has 2 fully saturated rings. The van der Waals surface area contributed by atoms with Crippen molar-refractivity contribution in [3.05, 3.63) is 116 Å². The van der Waals surface area contributed by atoms with Crippen LogP contribution in [0.15, 0.2) is 91.4 Å². The molecule has 0 bridgehead atoms. The highest BCUT2D eigenvalue weighted by Gasteiger charge is 2.35. The lowest BCUT2D eigenvalue weighted by Gasteiger charge is -2.31. The Balaban J connectivity index is 0.919. The fourth-order valence-electron chi connectivity index (χ4n) is 7.08. The lowest BCUT2D eigenvalue weighted by atomic mass is 10.1. The molecule has 12 heteroatoms. The molecule has 12 nitrogen and oxygen atoms in total. The van der Waals surface area contributed by atoms with E-state index >= 15 is 0 Å². The number of carbonyl (C=O) groups is 2. The average Bonchev–Trinajstić information content (AvgIpc) is 4.00. The number of nitrogens with zero attached hydrogens (tertiary/aromatic N) is 6. The monoisotopic (exact) mass is 709 g/mol. The highest BCUT2D eigenvalue weighted by Crippen LogP contribution is 2.35. The number of benzene rings is 3. The Hall–Kier alpha value is -6.04. The Labute approximate surface area is 307 Å². The first kappa shape index (κ1) is 34.1. The molecule has 6 aromatic rings. The maximum Gasteiger partial charge on any atom is 0.410 e. The number of imidazole rings is 2. The second-order valence-electron chi connectivity index (χ2n) is 14.3. The molecule has 0 radical (unpaired) electrons. The Morgan fingerprint density at radius 3 is 2.15 bits per heavy atom. The fourth-order valence-corrected chi connectivity index (χ4v) is 7.08. The third-order valence-electron chi connectivity index (χ3n) is 9.71. The standard InChI is InChI=1S/C41H41N8O4/c1-41(2,3)53-40(51)49-20-8-12-35(49)38-45-31-18-17-29(21-32(31)46-38)30-22-42-36(43-23-30)28-15-13-27(14-16-28)33-24-44-37(47-33)34-11-7-19-48(34)39(50)52-25-26-9-5-4-6-10-26/h4-6,9-10,13-18,21-24,34-35H,1,7-8,11-12,19-20,25H2,2-3H3,(H,44,47)(H,45,46)/q-1. The van der Waals surface area contributed by atoms with E-state index in [4.69, 9.17) is 14.5 Å². The minimum Gasteiger partial charge on any atom is -0.477 e. The number of hydrogen-bond donors (Lipinski definition) is 2. The van der Waals surface area contributed by atoms with E-state index in [0.29, 0.717) is 18.9 Å². The molecular formula is C41H41N8O4-. The second-order valence-corrected chi connectivity index (χ2v) is 14.3. The van der Waals surface area contributed by atoms with Gasteiger partial charge in [-0.25, -0.2) is 29.5 Å². The topological polar surface area (TPSA) is 142 Å². The molecular weight excluding hydrogens is 669 g/mol. The third-order valence-corrected chi connectivity index (χ3v) is 9.71. The largest absolute Gasteiger partial charge is 0.477 e. The predicted molar refractivity (Wildman–Crippen MR) is 200 cm³/mol. The maximum atomic E-state index is 12.9. The summed E-state index contributed by atoms with van der Waals surface area (Å²) in [6, 6.07) is 23.4. The summed E-state index contributed by atoms with van der Waals surface area (Å²) >= 11 is 0. The molecule has 8 rings (SSSR count). The highest BCUT2D eigenvalue weighted by atomic mass is 16.6. The second kappa shape index (κ2) is 14.2. The van der Waals surface area contributed by atoms with Crippen LogP contribution in [-0.2, 0) is 16.1 Å². The van der Waals surface area contributed by atoms with Crippen molar-refractivity contribution in [1.82, 2.24) is 39.7 Å². The predicted octanol–water partition coefficient (Wildman–Crippen LogP) is 8.44. The first-order valence-corrected chi connectivity index (χ1v) is 18.0. The molecule has 2 unspecified atom stereocenters. The van der Waals surface area contributed by atoms with Crippen LogP contribution in [0.4, 0.5) is 9.59 Å². The summed E-state index contributed by atoms with van der Waals surface area (Å²) in [6.45, 7) is 8.93. The molecule has 2 N–H and O–H groups in total. The van der Waals surface area contributed by atoms with Gasteiger partial charge >= 0.3 is 12.2 Å². The van der Waals surface area contributed by atoms with Gasteiger partial charge in [-0.2, -0.15) is 0 Å². The average molecular weight is 710 g/mol. The van der Waals surface area contributed by atoms with Crippen LogP contribution in [0.5, 0.6) is 0 Å². The molecule has 2 amide bonds. The van der Waals surface area contributed by atoms with Gasteiger partial charge in [-0.15, -0.1) is 0 Å². The van der Waals surface area contributed by atoms with Crippen molar-refractivity contribution in [2.75, 3.05) is 13.1 Å². The van der Waals surface area contributed by atoms with E-state index in [2.05, 4.69) is 31.8 Å². The van der Waals surface area contributed by atoms with Gasteiger partial charge in [-0.3, -0.25) is 9.80 Å². The number of aromatic nitrogens is 6. The molecule has 2 aliphatic heterocycles. The summed E-state index contributed by atoms with van der Waals surface area (Å²) in [7, 11) is 0. The highest BCUT2D eigenvalue weighted by molar-refractivity contribution is 5.82. The smallest absolute Gasteiger partial charge is 0.410 e. The number of hydrogen-bond acceptors (Lipinski definition) is 8. The number of aromatic amines is 2. The normalized spacial score (nSPS) is 17.4. The molecule has 3 aromatic carbocycles. The number of carbonyl (C=O) groups excluding carboxylic acids is 2. The lowest BCUT2D eigenvalue weighted by Crippen LogP contribution is -2.36. The van der Waals surface area contributed by atoms with E-state index in [0.717, 1.165) is 81.9 Å². The van der Waals surface area contributed by atoms with Gasteiger partial charge in [0.1, 0.15) is 18.3 Å². The van der Waals surface area contributed by atoms with Crippen molar-refractivity contribution in [3.63, 3.8) is 0 Å². The third kappa shape index (κ3) is 7.35. The Bertz CT molecular complexity index is 2220. The molecule has 0 saturated carbocycles. The number of nitrogens with one attached hydrogen (secondary N) is 2. The van der Waals surface area contributed by atoms with Gasteiger partial charge in [0.2, 0.25) is 0 Å². The number of rotatable bonds is 8. The van der Waals surface area contributed by atoms with Gasteiger partial charge in [-0.05, 0) is 60.1 Å². The summed E-state index contributed by atoms with van der Waals surface area (Å²) in [5.41, 5.74) is 6.41. The van der Waals surface area contributed by atoms with Gasteiger partial charge in [0.25, 0.3) is 0 Å². The Kier molecular flexibility index (Phi) is 9.11. The van der Waals surface area contributed by atoms with Gasteiger partial charge < -0.3 is 26.4 Å². The van der Waals surface area contributed by atoms with E-state index in [9.17, 15) is 9.59 Å². The summed E-state index contributed by atoms with van der Waals surface area (Å²) in [4.78, 5) is 55.0. The summed E-state index contributed by atoms with van der Waals surface area (Å²) in [6.07, 6.45) is 8.16. The van der Waals surface area contributed by atoms with E-state index in [-0.39, 0.29) is 30.9 Å². The molecule has 0 aliphatic carbocycles. The van der Waals surface area contributed by atoms with E-state index in [1.807, 2.05) is 91.4 Å². The van der Waals surface area contributed by atoms with Crippen LogP contribution in [0.25, 0.3) is 44.8 Å². The van der Waals surface area contributed by atoms with E-state index in [1.54, 1.807) is 23.6 Å². The molecule has 2 atom stereocenters. The first-order chi connectivity index (χ1) is 25.7. The van der Waals surface area contributed by atoms with Gasteiger partial charge in [-0.1, -0.05) is 74.5 Å². The molecule has 5 heterocycles. The van der Waals surface area contributed by atoms with Gasteiger partial charge in [0, 0.05) is 36.6 Å². The van der Waals surface area contributed by atoms with Crippen LogP contribution < -0.4 is 0 Å². The Morgan fingerprint density at radius 2 is 1.43 bits per heavy atom. The van der Waals surface area contributed by atoms with Crippen molar-refractivity contribution in [1.29, 1.82) is 0 Å². The number of amides is 2. The Morgan fingerprint density at radius 1 is 0.774 bits per heavy atom. The van der Waals surface area contributed by atoms with Crippen molar-refractivity contribution in [3.8, 4) is 33.8 Å². The van der Waals surface area contributed by atoms with Crippen LogP contribution in [0.2, 0.25) is 0 Å². The molecule has 53 heavy (non-hydrogen) atoms. The molecule has 3 aromatic heterocycles. The minimum absolute atomic E-state index is 0.158. The van der Waals surface area contributed by atoms with Crippen LogP contribution in [0.3, 0.4) is 0 Å². The quantitative estimate of drug-likeness (QED) is 0.150. The summed E-state index contributed by atoms with van der Waals surface area (Å²) in [5.74, 6) is 2.11. The van der Waals surface area contributed by atoms with E-state index < -0.39 is 5.60 Å². The van der Waals surface area contributed by atoms with Crippen LogP contribution in [0.1, 0.15) is 68.8 Å². The summed E-state index contributed by atoms with van der Waals surface area (Å²) < 4.78 is 11.2. The lowest BCUT2D eigenvalue weighted by molar-refractivity contribution is 0.0361. The number of likely N-dealkylation sites (tertiary alicyclic amines) is 2. The van der Waals surface area contributed by atoms with Crippen molar-refractivity contribution in [2.24, 2.45) is 0 Å². The number of H-pyrrole nitrogens is 2. The summed E-state index contributed by atoms with van der Waals surface area (Å²) in [5, 5.41) is 0. The molecule has 2 aliphatic rings. The SMILES string of the molecule is [CH2-]C(C)(C)OC(=O)N1CCCC1c1nc2ccc(-c3cnc(-c4ccc(-c5cnc(C6CCCN6C(=O)OCc6ccccc6)[nH]5)cc4)nc3)cc2[nH]1. The van der Waals surface area contributed by atoms with Crippen molar-refractivity contribution in [2.45, 2.75) is 63.8 Å². The van der Waals surface area contributed by atoms with Crippen LogP contribution in [0, 0.1) is 6.92 Å². The zero-order valence-corrected chi connectivity index (χ0v) is 29.8. The number of fused-ring (bicyclic) bond motifs is 1. The zero-order valence-electron chi connectivity index (χ0n) is 29.8. The maximum absolute atomic E-state index is 12.9. The molecule has 0 spiro atoms. The van der Waals surface area contributed by atoms with Crippen LogP contribution >= 0.6 is 0 Å².